The first-order chi connectivity index (χ1) is 16.7. The highest BCUT2D eigenvalue weighted by Gasteiger charge is 2.19. The van der Waals surface area contributed by atoms with E-state index in [1.54, 1.807) is 18.2 Å². The lowest BCUT2D eigenvalue weighted by atomic mass is 10.1. The molecular weight excluding hydrogens is 546 g/mol. The van der Waals surface area contributed by atoms with E-state index in [0.717, 1.165) is 23.7 Å². The Kier molecular flexibility index (Phi) is 15.0. The Morgan fingerprint density at radius 1 is 1.00 bits per heavy atom. The van der Waals surface area contributed by atoms with Gasteiger partial charge in [0.05, 0.1) is 40.9 Å². The lowest BCUT2D eigenvalue weighted by Gasteiger charge is -2.23. The zero-order valence-electron chi connectivity index (χ0n) is 22.3. The SMILES string of the molecule is COc1ccnc(Oc2ccc(Cl)cc2C(=O)OC(C)CCCCCCCCCC[N+](C)(C)C)n1.[Br-]. The molecule has 0 saturated heterocycles. The third-order valence-electron chi connectivity index (χ3n) is 5.68. The number of carbonyl (C=O) groups is 1. The van der Waals surface area contributed by atoms with Crippen LogP contribution in [0.2, 0.25) is 5.02 Å². The number of benzene rings is 1. The summed E-state index contributed by atoms with van der Waals surface area (Å²) in [6, 6.07) is 6.46. The Balaban J connectivity index is 0.00000648. The van der Waals surface area contributed by atoms with Crippen LogP contribution in [0.4, 0.5) is 0 Å². The van der Waals surface area contributed by atoms with Gasteiger partial charge in [-0.25, -0.2) is 9.78 Å². The highest BCUT2D eigenvalue weighted by Crippen LogP contribution is 2.28. The minimum absolute atomic E-state index is 0. The summed E-state index contributed by atoms with van der Waals surface area (Å²) < 4.78 is 17.5. The second-order valence-electron chi connectivity index (χ2n) is 9.97. The molecule has 0 amide bonds. The predicted octanol–water partition coefficient (Wildman–Crippen LogP) is 3.70. The summed E-state index contributed by atoms with van der Waals surface area (Å²) in [5.41, 5.74) is 0.237. The lowest BCUT2D eigenvalue weighted by molar-refractivity contribution is -0.870. The van der Waals surface area contributed by atoms with Crippen molar-refractivity contribution in [3.05, 3.63) is 41.0 Å². The van der Waals surface area contributed by atoms with E-state index >= 15 is 0 Å². The molecule has 0 aliphatic carbocycles. The first-order valence-corrected chi connectivity index (χ1v) is 12.9. The van der Waals surface area contributed by atoms with Gasteiger partial charge in [-0.15, -0.1) is 0 Å². The van der Waals surface area contributed by atoms with Crippen molar-refractivity contribution >= 4 is 17.6 Å². The summed E-state index contributed by atoms with van der Waals surface area (Å²) >= 11 is 6.12. The van der Waals surface area contributed by atoms with Crippen LogP contribution in [-0.2, 0) is 4.74 Å². The molecular formula is C27H41BrClN3O4. The molecule has 0 aliphatic rings. The molecule has 9 heteroatoms. The number of rotatable bonds is 16. The summed E-state index contributed by atoms with van der Waals surface area (Å²) in [6.07, 6.45) is 12.1. The van der Waals surface area contributed by atoms with Gasteiger partial charge >= 0.3 is 12.0 Å². The van der Waals surface area contributed by atoms with Gasteiger partial charge < -0.3 is 35.7 Å². The summed E-state index contributed by atoms with van der Waals surface area (Å²) in [6.45, 7) is 3.16. The van der Waals surface area contributed by atoms with Crippen LogP contribution in [-0.4, -0.2) is 61.3 Å². The zero-order chi connectivity index (χ0) is 25.7. The second-order valence-corrected chi connectivity index (χ2v) is 10.4. The van der Waals surface area contributed by atoms with E-state index in [4.69, 9.17) is 25.8 Å². The quantitative estimate of drug-likeness (QED) is 0.170. The molecule has 0 radical (unpaired) electrons. The van der Waals surface area contributed by atoms with Gasteiger partial charge in [-0.3, -0.25) is 0 Å². The van der Waals surface area contributed by atoms with E-state index in [0.29, 0.717) is 10.9 Å². The molecule has 7 nitrogen and oxygen atoms in total. The van der Waals surface area contributed by atoms with Crippen molar-refractivity contribution in [3.63, 3.8) is 0 Å². The van der Waals surface area contributed by atoms with Crippen LogP contribution in [0.5, 0.6) is 17.6 Å². The van der Waals surface area contributed by atoms with Crippen molar-refractivity contribution in [2.75, 3.05) is 34.8 Å². The topological polar surface area (TPSA) is 70.5 Å². The van der Waals surface area contributed by atoms with Gasteiger partial charge in [-0.05, 0) is 50.8 Å². The number of hydrogen-bond donors (Lipinski definition) is 0. The van der Waals surface area contributed by atoms with Crippen LogP contribution in [0.15, 0.2) is 30.5 Å². The number of quaternary nitrogens is 1. The van der Waals surface area contributed by atoms with E-state index in [1.165, 1.54) is 64.4 Å². The number of halogens is 2. The number of nitrogens with zero attached hydrogens (tertiary/aromatic N) is 3. The molecule has 0 saturated carbocycles. The van der Waals surface area contributed by atoms with E-state index < -0.39 is 5.97 Å². The molecule has 1 aromatic heterocycles. The van der Waals surface area contributed by atoms with Crippen molar-refractivity contribution in [2.24, 2.45) is 0 Å². The molecule has 0 N–H and O–H groups in total. The molecule has 1 atom stereocenters. The van der Waals surface area contributed by atoms with E-state index in [9.17, 15) is 4.79 Å². The maximum atomic E-state index is 12.8. The fraction of sp³-hybridized carbons (Fsp3) is 0.593. The average molecular weight is 587 g/mol. The molecule has 1 unspecified atom stereocenters. The predicted molar refractivity (Wildman–Crippen MR) is 139 cm³/mol. The Morgan fingerprint density at radius 2 is 1.64 bits per heavy atom. The van der Waals surface area contributed by atoms with Crippen molar-refractivity contribution in [1.29, 1.82) is 0 Å². The molecule has 2 aromatic rings. The van der Waals surface area contributed by atoms with E-state index in [2.05, 4.69) is 31.1 Å². The number of hydrogen-bond acceptors (Lipinski definition) is 6. The average Bonchev–Trinajstić information content (AvgIpc) is 2.80. The molecule has 0 fully saturated rings. The largest absolute Gasteiger partial charge is 1.00 e. The molecule has 0 aliphatic heterocycles. The number of unbranched alkanes of at least 4 members (excludes halogenated alkanes) is 7. The maximum absolute atomic E-state index is 12.8. The standard InChI is InChI=1S/C27H41ClN3O4.BrH/c1-21(14-12-10-8-6-7-9-11-13-19-31(2,3)4)34-26(32)23-20-22(28)15-16-24(23)35-27-29-18-17-25(30-27)33-5;/h15-18,20-21H,6-14,19H2,1-5H3;1H/q+1;/p-1. The highest BCUT2D eigenvalue weighted by atomic mass is 79.9. The van der Waals surface area contributed by atoms with Gasteiger partial charge in [0.1, 0.15) is 11.3 Å². The van der Waals surface area contributed by atoms with Crippen LogP contribution in [0, 0.1) is 0 Å². The molecule has 0 bridgehead atoms. The van der Waals surface area contributed by atoms with Crippen molar-refractivity contribution in [1.82, 2.24) is 9.97 Å². The third-order valence-corrected chi connectivity index (χ3v) is 5.91. The van der Waals surface area contributed by atoms with E-state index in [-0.39, 0.29) is 40.4 Å². The molecule has 36 heavy (non-hydrogen) atoms. The number of aromatic nitrogens is 2. The van der Waals surface area contributed by atoms with Gasteiger partial charge in [0.25, 0.3) is 0 Å². The number of methoxy groups -OCH3 is 1. The smallest absolute Gasteiger partial charge is 0.342 e. The van der Waals surface area contributed by atoms with E-state index in [1.807, 2.05) is 6.92 Å². The Morgan fingerprint density at radius 3 is 2.28 bits per heavy atom. The molecule has 2 rings (SSSR count). The second kappa shape index (κ2) is 16.8. The summed E-state index contributed by atoms with van der Waals surface area (Å²) in [5, 5.41) is 0.418. The third kappa shape index (κ3) is 12.9. The molecule has 0 spiro atoms. The minimum atomic E-state index is -0.480. The van der Waals surface area contributed by atoms with Gasteiger partial charge in [-0.1, -0.05) is 43.7 Å². The fourth-order valence-corrected chi connectivity index (χ4v) is 3.89. The van der Waals surface area contributed by atoms with Crippen LogP contribution in [0.1, 0.15) is 75.1 Å². The number of carbonyl (C=O) groups excluding carboxylic acids is 1. The van der Waals surface area contributed by atoms with Crippen molar-refractivity contribution < 1.29 is 40.5 Å². The van der Waals surface area contributed by atoms with Crippen LogP contribution >= 0.6 is 11.6 Å². The first kappa shape index (κ1) is 32.1. The summed E-state index contributed by atoms with van der Waals surface area (Å²) in [4.78, 5) is 21.0. The van der Waals surface area contributed by atoms with Crippen LogP contribution < -0.4 is 26.5 Å². The van der Waals surface area contributed by atoms with Crippen molar-refractivity contribution in [2.45, 2.75) is 70.8 Å². The summed E-state index contributed by atoms with van der Waals surface area (Å²) in [5.74, 6) is 0.162. The Labute approximate surface area is 231 Å². The minimum Gasteiger partial charge on any atom is -1.00 e. The lowest BCUT2D eigenvalue weighted by Crippen LogP contribution is -3.00. The fourth-order valence-electron chi connectivity index (χ4n) is 3.72. The zero-order valence-corrected chi connectivity index (χ0v) is 24.6. The van der Waals surface area contributed by atoms with Gasteiger partial charge in [0, 0.05) is 17.3 Å². The first-order valence-electron chi connectivity index (χ1n) is 12.5. The van der Waals surface area contributed by atoms with Gasteiger partial charge in [-0.2, -0.15) is 4.98 Å². The molecule has 1 aromatic carbocycles. The van der Waals surface area contributed by atoms with Gasteiger partial charge in [0.2, 0.25) is 5.88 Å². The molecule has 1 heterocycles. The number of ether oxygens (including phenoxy) is 3. The Bertz CT molecular complexity index is 924. The highest BCUT2D eigenvalue weighted by molar-refractivity contribution is 6.31. The normalized spacial score (nSPS) is 11.9. The Hall–Kier alpha value is -1.90. The van der Waals surface area contributed by atoms with Gasteiger partial charge in [0.15, 0.2) is 0 Å². The van der Waals surface area contributed by atoms with Crippen LogP contribution in [0.3, 0.4) is 0 Å². The monoisotopic (exact) mass is 585 g/mol. The number of esters is 1. The maximum Gasteiger partial charge on any atom is 0.342 e. The van der Waals surface area contributed by atoms with Crippen LogP contribution in [0.25, 0.3) is 0 Å². The molecule has 202 valence electrons. The van der Waals surface area contributed by atoms with Crippen molar-refractivity contribution in [3.8, 4) is 17.6 Å². The summed E-state index contributed by atoms with van der Waals surface area (Å²) in [7, 11) is 8.25.